The zero-order valence-corrected chi connectivity index (χ0v) is 14.0. The smallest absolute Gasteiger partial charge is 0.220 e. The molecule has 6 heteroatoms. The van der Waals surface area contributed by atoms with Crippen LogP contribution in [-0.2, 0) is 17.9 Å². The third-order valence-electron chi connectivity index (χ3n) is 4.46. The maximum atomic E-state index is 12.1. The lowest BCUT2D eigenvalue weighted by atomic mass is 10.0. The van der Waals surface area contributed by atoms with Crippen LogP contribution in [0.2, 0.25) is 0 Å². The lowest BCUT2D eigenvalue weighted by molar-refractivity contribution is -0.122. The number of rotatable bonds is 7. The Morgan fingerprint density at radius 3 is 2.71 bits per heavy atom. The van der Waals surface area contributed by atoms with E-state index in [0.29, 0.717) is 12.5 Å². The van der Waals surface area contributed by atoms with Crippen molar-refractivity contribution in [3.8, 4) is 0 Å². The minimum atomic E-state index is 0.162. The van der Waals surface area contributed by atoms with Gasteiger partial charge in [-0.2, -0.15) is 5.10 Å². The molecule has 1 fully saturated rings. The van der Waals surface area contributed by atoms with Gasteiger partial charge in [0.1, 0.15) is 0 Å². The fourth-order valence-corrected chi connectivity index (χ4v) is 3.12. The number of piperidine rings is 1. The summed E-state index contributed by atoms with van der Waals surface area (Å²) in [5.74, 6) is 0.162. The molecule has 0 aliphatic carbocycles. The van der Waals surface area contributed by atoms with Crippen LogP contribution in [0.3, 0.4) is 0 Å². The summed E-state index contributed by atoms with van der Waals surface area (Å²) in [4.78, 5) is 18.5. The molecule has 128 valence electrons. The average Bonchev–Trinajstić information content (AvgIpc) is 3.11. The molecule has 0 spiro atoms. The van der Waals surface area contributed by atoms with Gasteiger partial charge in [0, 0.05) is 63.4 Å². The van der Waals surface area contributed by atoms with Gasteiger partial charge in [0.05, 0.1) is 0 Å². The number of carbonyl (C=O) groups excluding carboxylic acids is 1. The predicted molar refractivity (Wildman–Crippen MR) is 92.1 cm³/mol. The first-order chi connectivity index (χ1) is 11.8. The van der Waals surface area contributed by atoms with Crippen molar-refractivity contribution in [3.63, 3.8) is 0 Å². The molecule has 0 atom stereocenters. The van der Waals surface area contributed by atoms with Gasteiger partial charge in [-0.25, -0.2) is 0 Å². The van der Waals surface area contributed by atoms with Crippen LogP contribution in [0.4, 0.5) is 0 Å². The number of aryl methyl sites for hydroxylation is 1. The molecule has 24 heavy (non-hydrogen) atoms. The summed E-state index contributed by atoms with van der Waals surface area (Å²) in [5.41, 5.74) is 1.30. The Bertz CT molecular complexity index is 606. The third-order valence-corrected chi connectivity index (χ3v) is 4.46. The van der Waals surface area contributed by atoms with E-state index in [1.807, 2.05) is 29.3 Å². The molecule has 1 aliphatic rings. The Balaban J connectivity index is 1.32. The van der Waals surface area contributed by atoms with Crippen molar-refractivity contribution in [1.29, 1.82) is 0 Å². The monoisotopic (exact) mass is 327 g/mol. The van der Waals surface area contributed by atoms with E-state index >= 15 is 0 Å². The van der Waals surface area contributed by atoms with E-state index < -0.39 is 0 Å². The van der Waals surface area contributed by atoms with Crippen molar-refractivity contribution < 1.29 is 4.79 Å². The Labute approximate surface area is 142 Å². The maximum Gasteiger partial charge on any atom is 0.220 e. The molecule has 0 radical (unpaired) electrons. The van der Waals surface area contributed by atoms with Gasteiger partial charge in [-0.15, -0.1) is 0 Å². The van der Waals surface area contributed by atoms with Crippen LogP contribution in [0, 0.1) is 0 Å². The van der Waals surface area contributed by atoms with Crippen molar-refractivity contribution in [2.45, 2.75) is 44.8 Å². The highest BCUT2D eigenvalue weighted by atomic mass is 16.1. The number of hydrogen-bond donors (Lipinski definition) is 1. The summed E-state index contributed by atoms with van der Waals surface area (Å²) in [6.07, 6.45) is 10.8. The summed E-state index contributed by atoms with van der Waals surface area (Å²) in [6, 6.07) is 6.34. The van der Waals surface area contributed by atoms with E-state index in [1.165, 1.54) is 5.56 Å². The van der Waals surface area contributed by atoms with Crippen molar-refractivity contribution in [3.05, 3.63) is 48.5 Å². The summed E-state index contributed by atoms with van der Waals surface area (Å²) >= 11 is 0. The average molecular weight is 327 g/mol. The highest BCUT2D eigenvalue weighted by molar-refractivity contribution is 5.76. The fourth-order valence-electron chi connectivity index (χ4n) is 3.12. The molecule has 0 aromatic carbocycles. The molecule has 1 aliphatic heterocycles. The summed E-state index contributed by atoms with van der Waals surface area (Å²) < 4.78 is 1.87. The van der Waals surface area contributed by atoms with Crippen LogP contribution in [-0.4, -0.2) is 44.7 Å². The Morgan fingerprint density at radius 1 is 1.21 bits per heavy atom. The SMILES string of the molecule is O=C(CCCn1cccn1)NC1CCN(Cc2ccncc2)CC1. The Morgan fingerprint density at radius 2 is 2.00 bits per heavy atom. The maximum absolute atomic E-state index is 12.1. The first-order valence-electron chi connectivity index (χ1n) is 8.67. The molecule has 2 aromatic heterocycles. The molecule has 3 heterocycles. The molecule has 0 unspecified atom stereocenters. The van der Waals surface area contributed by atoms with Crippen molar-refractivity contribution >= 4 is 5.91 Å². The second-order valence-electron chi connectivity index (χ2n) is 6.35. The second kappa shape index (κ2) is 8.59. The molecular weight excluding hydrogens is 302 g/mol. The van der Waals surface area contributed by atoms with Crippen molar-refractivity contribution in [1.82, 2.24) is 25.0 Å². The van der Waals surface area contributed by atoms with Gasteiger partial charge in [-0.1, -0.05) is 0 Å². The van der Waals surface area contributed by atoms with E-state index in [-0.39, 0.29) is 5.91 Å². The van der Waals surface area contributed by atoms with E-state index in [4.69, 9.17) is 0 Å². The standard InChI is InChI=1S/C18H25N5O/c24-18(3-1-11-23-12-2-8-20-23)21-17-6-13-22(14-7-17)15-16-4-9-19-10-5-16/h2,4-5,8-10,12,17H,1,3,6-7,11,13-15H2,(H,21,24). The zero-order valence-electron chi connectivity index (χ0n) is 14.0. The number of nitrogens with zero attached hydrogens (tertiary/aromatic N) is 4. The fraction of sp³-hybridized carbons (Fsp3) is 0.500. The van der Waals surface area contributed by atoms with E-state index in [9.17, 15) is 4.79 Å². The first-order valence-corrected chi connectivity index (χ1v) is 8.67. The molecule has 0 saturated carbocycles. The number of hydrogen-bond acceptors (Lipinski definition) is 4. The van der Waals surface area contributed by atoms with Gasteiger partial charge in [-0.05, 0) is 43.0 Å². The highest BCUT2D eigenvalue weighted by Crippen LogP contribution is 2.13. The lowest BCUT2D eigenvalue weighted by Crippen LogP contribution is -2.44. The van der Waals surface area contributed by atoms with Gasteiger partial charge in [-0.3, -0.25) is 19.4 Å². The molecule has 3 rings (SSSR count). The quantitative estimate of drug-likeness (QED) is 0.843. The van der Waals surface area contributed by atoms with E-state index in [0.717, 1.165) is 45.4 Å². The van der Waals surface area contributed by atoms with Gasteiger partial charge in [0.15, 0.2) is 0 Å². The number of carbonyl (C=O) groups is 1. The number of nitrogens with one attached hydrogen (secondary N) is 1. The van der Waals surface area contributed by atoms with Gasteiger partial charge >= 0.3 is 0 Å². The summed E-state index contributed by atoms with van der Waals surface area (Å²) in [5, 5.41) is 7.33. The van der Waals surface area contributed by atoms with Crippen molar-refractivity contribution in [2.24, 2.45) is 0 Å². The summed E-state index contributed by atoms with van der Waals surface area (Å²) in [7, 11) is 0. The number of aromatic nitrogens is 3. The molecule has 2 aromatic rings. The topological polar surface area (TPSA) is 63.1 Å². The Kier molecular flexibility index (Phi) is 5.96. The number of likely N-dealkylation sites (tertiary alicyclic amines) is 1. The van der Waals surface area contributed by atoms with E-state index in [2.05, 4.69) is 32.4 Å². The molecule has 0 bridgehead atoms. The second-order valence-corrected chi connectivity index (χ2v) is 6.35. The largest absolute Gasteiger partial charge is 0.353 e. The van der Waals surface area contributed by atoms with Crippen LogP contribution in [0.1, 0.15) is 31.2 Å². The van der Waals surface area contributed by atoms with Crippen LogP contribution in [0.15, 0.2) is 43.0 Å². The van der Waals surface area contributed by atoms with Gasteiger partial charge in [0.25, 0.3) is 0 Å². The van der Waals surface area contributed by atoms with E-state index in [1.54, 1.807) is 6.20 Å². The third kappa shape index (κ3) is 5.16. The molecule has 1 amide bonds. The van der Waals surface area contributed by atoms with Crippen LogP contribution in [0.25, 0.3) is 0 Å². The van der Waals surface area contributed by atoms with Crippen LogP contribution in [0.5, 0.6) is 0 Å². The number of pyridine rings is 1. The highest BCUT2D eigenvalue weighted by Gasteiger charge is 2.20. The first kappa shape index (κ1) is 16.6. The van der Waals surface area contributed by atoms with Crippen LogP contribution >= 0.6 is 0 Å². The minimum Gasteiger partial charge on any atom is -0.353 e. The minimum absolute atomic E-state index is 0.162. The van der Waals surface area contributed by atoms with Crippen LogP contribution < -0.4 is 5.32 Å². The molecule has 1 N–H and O–H groups in total. The molecule has 1 saturated heterocycles. The molecule has 6 nitrogen and oxygen atoms in total. The summed E-state index contributed by atoms with van der Waals surface area (Å²) in [6.45, 7) is 3.82. The lowest BCUT2D eigenvalue weighted by Gasteiger charge is -2.32. The van der Waals surface area contributed by atoms with Gasteiger partial charge < -0.3 is 5.32 Å². The number of amides is 1. The normalized spacial score (nSPS) is 16.2. The zero-order chi connectivity index (χ0) is 16.6. The van der Waals surface area contributed by atoms with Crippen molar-refractivity contribution in [2.75, 3.05) is 13.1 Å². The predicted octanol–water partition coefficient (Wildman–Crippen LogP) is 1.84. The Hall–Kier alpha value is -2.21. The van der Waals surface area contributed by atoms with Gasteiger partial charge in [0.2, 0.25) is 5.91 Å². The molecular formula is C18H25N5O.